The summed E-state index contributed by atoms with van der Waals surface area (Å²) in [4.78, 5) is 6.90. The number of nitrogens with one attached hydrogen (secondary N) is 2. The quantitative estimate of drug-likeness (QED) is 0.820. The Hall–Kier alpha value is -1.74. The van der Waals surface area contributed by atoms with Crippen molar-refractivity contribution in [3.63, 3.8) is 0 Å². The Balaban J connectivity index is 2.86. The molecule has 10 heteroatoms. The summed E-state index contributed by atoms with van der Waals surface area (Å²) in [6, 6.07) is 0.567. The summed E-state index contributed by atoms with van der Waals surface area (Å²) in [5, 5.41) is 4.68. The smallest absolute Gasteiger partial charge is 0.370 e. The highest BCUT2D eigenvalue weighted by Crippen LogP contribution is 2.29. The molecule has 1 aromatic rings. The molecule has 0 fully saturated rings. The van der Waals surface area contributed by atoms with Gasteiger partial charge in [-0.15, -0.1) is 0 Å². The van der Waals surface area contributed by atoms with Crippen LogP contribution in [0.5, 0.6) is 0 Å². The van der Waals surface area contributed by atoms with Crippen LogP contribution in [-0.4, -0.2) is 29.2 Å². The lowest BCUT2D eigenvalue weighted by Gasteiger charge is -2.12. The van der Waals surface area contributed by atoms with E-state index in [4.69, 9.17) is 0 Å². The van der Waals surface area contributed by atoms with Gasteiger partial charge < -0.3 is 10.6 Å². The molecule has 0 radical (unpaired) electrons. The summed E-state index contributed by atoms with van der Waals surface area (Å²) in [6.45, 7) is 1.34. The van der Waals surface area contributed by atoms with Gasteiger partial charge in [0.2, 0.25) is 5.95 Å². The van der Waals surface area contributed by atoms with Gasteiger partial charge in [-0.2, -0.15) is 31.3 Å². The molecule has 0 amide bonds. The molecule has 2 N–H and O–H groups in total. The van der Waals surface area contributed by atoms with E-state index in [1.54, 1.807) is 6.92 Å². The third-order valence-electron chi connectivity index (χ3n) is 2.07. The van der Waals surface area contributed by atoms with Gasteiger partial charge in [-0.1, -0.05) is 0 Å². The molecule has 0 bridgehead atoms. The van der Waals surface area contributed by atoms with Crippen molar-refractivity contribution >= 4 is 11.8 Å². The van der Waals surface area contributed by atoms with Gasteiger partial charge in [-0.25, -0.2) is 4.98 Å². The Morgan fingerprint density at radius 3 is 2.20 bits per heavy atom. The lowest BCUT2D eigenvalue weighted by Crippen LogP contribution is -2.17. The maximum atomic E-state index is 12.6. The standard InChI is InChI=1S/C10H12F6N4/c1-2-17-8-19-6(10(14,15)16)5-7(20-8)18-4-3-9(11,12)13/h5H,2-4H2,1H3,(H2,17,18,19,20). The molecule has 1 heterocycles. The Labute approximate surface area is 110 Å². The second-order valence-corrected chi connectivity index (χ2v) is 3.78. The number of rotatable bonds is 5. The number of alkyl halides is 6. The number of anilines is 2. The van der Waals surface area contributed by atoms with E-state index >= 15 is 0 Å². The average molecular weight is 302 g/mol. The third kappa shape index (κ3) is 5.49. The normalized spacial score (nSPS) is 12.3. The van der Waals surface area contributed by atoms with Crippen molar-refractivity contribution in [2.45, 2.75) is 25.7 Å². The van der Waals surface area contributed by atoms with E-state index in [0.717, 1.165) is 0 Å². The molecule has 0 aliphatic carbocycles. The fourth-order valence-corrected chi connectivity index (χ4v) is 1.25. The fourth-order valence-electron chi connectivity index (χ4n) is 1.25. The van der Waals surface area contributed by atoms with Gasteiger partial charge >= 0.3 is 12.4 Å². The average Bonchev–Trinajstić information content (AvgIpc) is 2.26. The van der Waals surface area contributed by atoms with Gasteiger partial charge in [-0.05, 0) is 6.92 Å². The number of halogens is 6. The van der Waals surface area contributed by atoms with E-state index in [9.17, 15) is 26.3 Å². The third-order valence-corrected chi connectivity index (χ3v) is 2.07. The molecule has 4 nitrogen and oxygen atoms in total. The van der Waals surface area contributed by atoms with Crippen LogP contribution in [0.2, 0.25) is 0 Å². The van der Waals surface area contributed by atoms with Crippen molar-refractivity contribution in [1.29, 1.82) is 0 Å². The van der Waals surface area contributed by atoms with E-state index in [1.165, 1.54) is 0 Å². The Morgan fingerprint density at radius 1 is 1.05 bits per heavy atom. The summed E-state index contributed by atoms with van der Waals surface area (Å²) in [5.74, 6) is -0.607. The first-order chi connectivity index (χ1) is 9.12. The van der Waals surface area contributed by atoms with Crippen LogP contribution in [0.1, 0.15) is 19.0 Å². The lowest BCUT2D eigenvalue weighted by atomic mass is 10.3. The number of hydrogen-bond acceptors (Lipinski definition) is 4. The van der Waals surface area contributed by atoms with Crippen LogP contribution >= 0.6 is 0 Å². The summed E-state index contributed by atoms with van der Waals surface area (Å²) in [7, 11) is 0. The second-order valence-electron chi connectivity index (χ2n) is 3.78. The first kappa shape index (κ1) is 16.3. The maximum absolute atomic E-state index is 12.6. The molecule has 0 saturated heterocycles. The van der Waals surface area contributed by atoms with Crippen molar-refractivity contribution in [3.05, 3.63) is 11.8 Å². The highest BCUT2D eigenvalue weighted by atomic mass is 19.4. The Morgan fingerprint density at radius 2 is 1.70 bits per heavy atom. The minimum atomic E-state index is -4.70. The minimum absolute atomic E-state index is 0.281. The van der Waals surface area contributed by atoms with Crippen LogP contribution in [0.4, 0.5) is 38.1 Å². The van der Waals surface area contributed by atoms with Crippen LogP contribution in [0, 0.1) is 0 Å². The zero-order valence-electron chi connectivity index (χ0n) is 10.4. The van der Waals surface area contributed by atoms with Gasteiger partial charge in [0.05, 0.1) is 6.42 Å². The molecule has 114 valence electrons. The highest BCUT2D eigenvalue weighted by molar-refractivity contribution is 5.43. The molecular formula is C10H12F6N4. The molecule has 20 heavy (non-hydrogen) atoms. The van der Waals surface area contributed by atoms with E-state index < -0.39 is 31.0 Å². The molecule has 0 aliphatic heterocycles. The summed E-state index contributed by atoms with van der Waals surface area (Å²) >= 11 is 0. The lowest BCUT2D eigenvalue weighted by molar-refractivity contribution is -0.141. The van der Waals surface area contributed by atoms with E-state index in [-0.39, 0.29) is 18.3 Å². The molecular weight excluding hydrogens is 290 g/mol. The number of aromatic nitrogens is 2. The van der Waals surface area contributed by atoms with Crippen molar-refractivity contribution in [1.82, 2.24) is 9.97 Å². The predicted octanol–water partition coefficient (Wildman–Crippen LogP) is 3.29. The van der Waals surface area contributed by atoms with Crippen LogP contribution in [0.25, 0.3) is 0 Å². The van der Waals surface area contributed by atoms with Gasteiger partial charge in [0.15, 0.2) is 5.69 Å². The second kappa shape index (κ2) is 6.14. The van der Waals surface area contributed by atoms with Gasteiger partial charge in [0, 0.05) is 19.2 Å². The minimum Gasteiger partial charge on any atom is -0.370 e. The molecule has 0 aliphatic rings. The van der Waals surface area contributed by atoms with Crippen molar-refractivity contribution in [2.24, 2.45) is 0 Å². The monoisotopic (exact) mass is 302 g/mol. The van der Waals surface area contributed by atoms with E-state index in [2.05, 4.69) is 20.6 Å². The highest BCUT2D eigenvalue weighted by Gasteiger charge is 2.34. The molecule has 0 atom stereocenters. The molecule has 1 rings (SSSR count). The Kier molecular flexibility index (Phi) is 5.01. The molecule has 0 unspecified atom stereocenters. The molecule has 0 spiro atoms. The zero-order valence-corrected chi connectivity index (χ0v) is 10.4. The Bertz CT molecular complexity index is 442. The topological polar surface area (TPSA) is 49.8 Å². The van der Waals surface area contributed by atoms with Crippen LogP contribution in [0.15, 0.2) is 6.07 Å². The van der Waals surface area contributed by atoms with Crippen LogP contribution in [0.3, 0.4) is 0 Å². The van der Waals surface area contributed by atoms with E-state index in [1.807, 2.05) is 0 Å². The van der Waals surface area contributed by atoms with Gasteiger partial charge in [-0.3, -0.25) is 0 Å². The van der Waals surface area contributed by atoms with Crippen molar-refractivity contribution in [3.8, 4) is 0 Å². The predicted molar refractivity (Wildman–Crippen MR) is 60.4 cm³/mol. The fraction of sp³-hybridized carbons (Fsp3) is 0.600. The summed E-state index contributed by atoms with van der Waals surface area (Å²) < 4.78 is 73.6. The first-order valence-electron chi connectivity index (χ1n) is 5.62. The van der Waals surface area contributed by atoms with Crippen molar-refractivity contribution in [2.75, 3.05) is 23.7 Å². The summed E-state index contributed by atoms with van der Waals surface area (Å²) in [5.41, 5.74) is -1.22. The van der Waals surface area contributed by atoms with Crippen molar-refractivity contribution < 1.29 is 26.3 Å². The molecule has 0 aromatic carbocycles. The maximum Gasteiger partial charge on any atom is 0.433 e. The largest absolute Gasteiger partial charge is 0.433 e. The molecule has 0 saturated carbocycles. The number of nitrogens with zero attached hydrogens (tertiary/aromatic N) is 2. The van der Waals surface area contributed by atoms with Crippen LogP contribution in [-0.2, 0) is 6.18 Å². The van der Waals surface area contributed by atoms with Gasteiger partial charge in [0.25, 0.3) is 0 Å². The first-order valence-corrected chi connectivity index (χ1v) is 5.62. The van der Waals surface area contributed by atoms with Crippen LogP contribution < -0.4 is 10.6 Å². The number of hydrogen-bond donors (Lipinski definition) is 2. The molecule has 1 aromatic heterocycles. The van der Waals surface area contributed by atoms with E-state index in [0.29, 0.717) is 6.07 Å². The zero-order chi connectivity index (χ0) is 15.4. The van der Waals surface area contributed by atoms with Gasteiger partial charge in [0.1, 0.15) is 5.82 Å². The SMILES string of the molecule is CCNc1nc(NCCC(F)(F)F)cc(C(F)(F)F)n1. The summed E-state index contributed by atoms with van der Waals surface area (Å²) in [6.07, 6.45) is -10.3.